The summed E-state index contributed by atoms with van der Waals surface area (Å²) in [5, 5.41) is 8.08. The summed E-state index contributed by atoms with van der Waals surface area (Å²) in [5.74, 6) is 0. The summed E-state index contributed by atoms with van der Waals surface area (Å²) in [6, 6.07) is 0. The van der Waals surface area contributed by atoms with Crippen molar-refractivity contribution in [1.29, 1.82) is 0 Å². The molecule has 2 rings (SSSR count). The largest absolute Gasteiger partial charge is 0.0876 e. The molecular formula is C22H20Br10. The molecule has 2 aromatic carbocycles. The Hall–Kier alpha value is 3.24. The molecule has 0 heterocycles. The first-order valence-electron chi connectivity index (χ1n) is 9.46. The third-order valence-corrected chi connectivity index (χ3v) is 11.3. The maximum absolute atomic E-state index is 3.85. The molecule has 0 N–H and O–H groups in total. The van der Waals surface area contributed by atoms with Gasteiger partial charge in [-0.25, -0.2) is 0 Å². The smallest absolute Gasteiger partial charge is 0.0292 e. The van der Waals surface area contributed by atoms with Crippen LogP contribution in [0.15, 0.2) is 0 Å². The van der Waals surface area contributed by atoms with E-state index in [0.717, 1.165) is 53.3 Å². The van der Waals surface area contributed by atoms with Crippen LogP contribution in [-0.4, -0.2) is 0 Å². The summed E-state index contributed by atoms with van der Waals surface area (Å²) >= 11 is 38.1. The number of benzene rings is 2. The molecule has 0 radical (unpaired) electrons. The Labute approximate surface area is 275 Å². The molecule has 10 heteroatoms. The van der Waals surface area contributed by atoms with E-state index in [2.05, 4.69) is 159 Å². The zero-order chi connectivity index (χ0) is 24.0. The Morgan fingerprint density at radius 1 is 0.219 bits per heavy atom. The molecule has 0 spiro atoms. The highest BCUT2D eigenvalue weighted by molar-refractivity contribution is 9.10. The monoisotopic (exact) mass is 1070 g/mol. The third-order valence-electron chi connectivity index (χ3n) is 5.71. The average Bonchev–Trinajstić information content (AvgIpc) is 2.84. The fourth-order valence-corrected chi connectivity index (χ4v) is 10.8. The Balaban J connectivity index is 3.29. The third kappa shape index (κ3) is 6.10. The van der Waals surface area contributed by atoms with Crippen LogP contribution >= 0.6 is 159 Å². The van der Waals surface area contributed by atoms with Gasteiger partial charge in [0.1, 0.15) is 0 Å². The second kappa shape index (κ2) is 15.6. The van der Waals surface area contributed by atoms with Gasteiger partial charge in [0, 0.05) is 53.3 Å². The molecule has 178 valence electrons. The molecule has 0 amide bonds. The van der Waals surface area contributed by atoms with Crippen LogP contribution in [0.2, 0.25) is 0 Å². The van der Waals surface area contributed by atoms with Crippen molar-refractivity contribution in [3.8, 4) is 11.1 Å². The van der Waals surface area contributed by atoms with Gasteiger partial charge in [0.2, 0.25) is 0 Å². The van der Waals surface area contributed by atoms with Gasteiger partial charge in [-0.2, -0.15) is 0 Å². The van der Waals surface area contributed by atoms with E-state index in [1.165, 1.54) is 66.8 Å². The molecule has 0 bridgehead atoms. The maximum atomic E-state index is 3.85. The number of hydrogen-bond donors (Lipinski definition) is 0. The van der Waals surface area contributed by atoms with Crippen LogP contribution in [0.4, 0.5) is 0 Å². The second-order valence-corrected chi connectivity index (χ2v) is 12.5. The van der Waals surface area contributed by atoms with Crippen LogP contribution < -0.4 is 0 Å². The van der Waals surface area contributed by atoms with Gasteiger partial charge >= 0.3 is 0 Å². The lowest BCUT2D eigenvalue weighted by Crippen LogP contribution is -2.13. The Morgan fingerprint density at radius 2 is 0.344 bits per heavy atom. The van der Waals surface area contributed by atoms with E-state index in [1.54, 1.807) is 0 Å². The van der Waals surface area contributed by atoms with E-state index < -0.39 is 0 Å². The first-order valence-corrected chi connectivity index (χ1v) is 20.7. The minimum Gasteiger partial charge on any atom is -0.0876 e. The van der Waals surface area contributed by atoms with Gasteiger partial charge in [-0.3, -0.25) is 0 Å². The fourth-order valence-electron chi connectivity index (χ4n) is 4.22. The molecule has 2 aromatic rings. The van der Waals surface area contributed by atoms with Crippen molar-refractivity contribution < 1.29 is 0 Å². The zero-order valence-electron chi connectivity index (χ0n) is 16.9. The lowest BCUT2D eigenvalue weighted by atomic mass is 9.80. The normalized spacial score (nSPS) is 11.4. The van der Waals surface area contributed by atoms with Crippen molar-refractivity contribution >= 4 is 159 Å². The summed E-state index contributed by atoms with van der Waals surface area (Å²) < 4.78 is 0. The van der Waals surface area contributed by atoms with Crippen LogP contribution in [0.1, 0.15) is 55.6 Å². The van der Waals surface area contributed by atoms with Gasteiger partial charge in [-0.1, -0.05) is 159 Å². The van der Waals surface area contributed by atoms with Crippen molar-refractivity contribution in [2.45, 2.75) is 53.3 Å². The molecule has 0 aliphatic heterocycles. The van der Waals surface area contributed by atoms with E-state index in [1.807, 2.05) is 0 Å². The molecule has 0 saturated heterocycles. The van der Waals surface area contributed by atoms with Crippen LogP contribution in [0.5, 0.6) is 0 Å². The maximum Gasteiger partial charge on any atom is 0.0292 e. The standard InChI is InChI=1S/C22H20Br10/c23-1-11-13(3-25)17(7-29)21(18(8-30)14(11)4-26)22-19(9-31)15(5-27)12(2-24)16(6-28)20(22)10-32/h1-10H2. The lowest BCUT2D eigenvalue weighted by Gasteiger charge is -2.29. The average molecular weight is 1080 g/mol. The summed E-state index contributed by atoms with van der Waals surface area (Å²) in [5.41, 5.74) is 16.3. The van der Waals surface area contributed by atoms with Gasteiger partial charge in [0.25, 0.3) is 0 Å². The Bertz CT molecular complexity index is 811. The SMILES string of the molecule is BrCc1c(CBr)c(CBr)c(-c2c(CBr)c(CBr)c(CBr)c(CBr)c2CBr)c(CBr)c1CBr. The zero-order valence-corrected chi connectivity index (χ0v) is 32.7. The van der Waals surface area contributed by atoms with Crippen LogP contribution in [0.3, 0.4) is 0 Å². The van der Waals surface area contributed by atoms with Crippen molar-refractivity contribution in [3.05, 3.63) is 55.6 Å². The Kier molecular flexibility index (Phi) is 15.3. The van der Waals surface area contributed by atoms with E-state index in [-0.39, 0.29) is 0 Å². The quantitative estimate of drug-likeness (QED) is 0.197. The lowest BCUT2D eigenvalue weighted by molar-refractivity contribution is 1.11. The van der Waals surface area contributed by atoms with Crippen molar-refractivity contribution in [3.63, 3.8) is 0 Å². The number of hydrogen-bond acceptors (Lipinski definition) is 0. The van der Waals surface area contributed by atoms with Gasteiger partial charge in [-0.05, 0) is 66.8 Å². The van der Waals surface area contributed by atoms with E-state index in [9.17, 15) is 0 Å². The minimum absolute atomic E-state index is 0.794. The predicted octanol–water partition coefficient (Wildman–Crippen LogP) is 12.3. The summed E-state index contributed by atoms with van der Waals surface area (Å²) in [7, 11) is 0. The first kappa shape index (κ1) is 31.5. The van der Waals surface area contributed by atoms with Crippen LogP contribution in [-0.2, 0) is 53.3 Å². The second-order valence-electron chi connectivity index (χ2n) is 6.87. The van der Waals surface area contributed by atoms with Crippen LogP contribution in [0, 0.1) is 0 Å². The van der Waals surface area contributed by atoms with Gasteiger partial charge in [-0.15, -0.1) is 0 Å². The summed E-state index contributed by atoms with van der Waals surface area (Å²) in [4.78, 5) is 0. The molecule has 0 saturated carbocycles. The topological polar surface area (TPSA) is 0 Å². The number of rotatable bonds is 11. The highest BCUT2D eigenvalue weighted by atomic mass is 79.9. The van der Waals surface area contributed by atoms with E-state index in [0.29, 0.717) is 0 Å². The minimum atomic E-state index is 0.794. The molecular weight excluding hydrogens is 1060 g/mol. The fraction of sp³-hybridized carbons (Fsp3) is 0.455. The molecule has 0 nitrogen and oxygen atoms in total. The highest BCUT2D eigenvalue weighted by Crippen LogP contribution is 2.47. The molecule has 0 unspecified atom stereocenters. The molecule has 0 aliphatic rings. The van der Waals surface area contributed by atoms with Crippen LogP contribution in [0.25, 0.3) is 11.1 Å². The number of halogens is 10. The van der Waals surface area contributed by atoms with Crippen molar-refractivity contribution in [2.24, 2.45) is 0 Å². The van der Waals surface area contributed by atoms with Gasteiger partial charge in [0.15, 0.2) is 0 Å². The van der Waals surface area contributed by atoms with Gasteiger partial charge in [0.05, 0.1) is 0 Å². The van der Waals surface area contributed by atoms with E-state index >= 15 is 0 Å². The van der Waals surface area contributed by atoms with E-state index in [4.69, 9.17) is 0 Å². The molecule has 0 aromatic heterocycles. The summed E-state index contributed by atoms with van der Waals surface area (Å²) in [6.07, 6.45) is 0. The molecule has 0 aliphatic carbocycles. The van der Waals surface area contributed by atoms with Crippen molar-refractivity contribution in [1.82, 2.24) is 0 Å². The summed E-state index contributed by atoms with van der Waals surface area (Å²) in [6.45, 7) is 0. The molecule has 32 heavy (non-hydrogen) atoms. The molecule has 0 fully saturated rings. The first-order chi connectivity index (χ1) is 15.5. The van der Waals surface area contributed by atoms with Crippen molar-refractivity contribution in [2.75, 3.05) is 0 Å². The highest BCUT2D eigenvalue weighted by Gasteiger charge is 2.28. The number of alkyl halides is 10. The Morgan fingerprint density at radius 3 is 0.469 bits per heavy atom. The predicted molar refractivity (Wildman–Crippen MR) is 178 cm³/mol. The van der Waals surface area contributed by atoms with Gasteiger partial charge < -0.3 is 0 Å². The molecule has 0 atom stereocenters.